The lowest BCUT2D eigenvalue weighted by Crippen LogP contribution is -2.64. The molecular formula is C12H22ClNO7. The largest absolute Gasteiger partial charge is 0.394 e. The normalized spacial score (nSPS) is 32.9. The summed E-state index contributed by atoms with van der Waals surface area (Å²) in [5.74, 6) is -0.0318. The molecule has 0 aromatic carbocycles. The molecule has 5 atom stereocenters. The van der Waals surface area contributed by atoms with Crippen molar-refractivity contribution in [3.8, 4) is 0 Å². The smallest absolute Gasteiger partial charge is 0.217 e. The highest BCUT2D eigenvalue weighted by molar-refractivity contribution is 6.17. The first-order valence-corrected chi connectivity index (χ1v) is 7.19. The second-order valence-corrected chi connectivity index (χ2v) is 4.98. The first kappa shape index (κ1) is 18.6. The fourth-order valence-corrected chi connectivity index (χ4v) is 2.10. The van der Waals surface area contributed by atoms with E-state index in [1.165, 1.54) is 6.92 Å². The van der Waals surface area contributed by atoms with Gasteiger partial charge < -0.3 is 34.8 Å². The van der Waals surface area contributed by atoms with E-state index in [4.69, 9.17) is 30.9 Å². The first-order valence-electron chi connectivity index (χ1n) is 6.66. The van der Waals surface area contributed by atoms with E-state index in [1.54, 1.807) is 0 Å². The van der Waals surface area contributed by atoms with E-state index in [9.17, 15) is 15.0 Å². The van der Waals surface area contributed by atoms with Gasteiger partial charge in [0.1, 0.15) is 24.4 Å². The zero-order chi connectivity index (χ0) is 15.8. The van der Waals surface area contributed by atoms with Gasteiger partial charge in [-0.05, 0) is 0 Å². The molecule has 0 bridgehead atoms. The number of nitrogens with one attached hydrogen (secondary N) is 1. The van der Waals surface area contributed by atoms with Crippen molar-refractivity contribution in [2.24, 2.45) is 0 Å². The molecule has 124 valence electrons. The van der Waals surface area contributed by atoms with Gasteiger partial charge in [-0.3, -0.25) is 4.79 Å². The van der Waals surface area contributed by atoms with Crippen molar-refractivity contribution in [2.75, 3.05) is 32.3 Å². The van der Waals surface area contributed by atoms with Crippen LogP contribution in [0.2, 0.25) is 0 Å². The molecule has 0 radical (unpaired) electrons. The summed E-state index contributed by atoms with van der Waals surface area (Å²) in [6, 6.07) is -0.937. The Morgan fingerprint density at radius 1 is 1.29 bits per heavy atom. The Balaban J connectivity index is 2.58. The molecule has 1 amide bonds. The van der Waals surface area contributed by atoms with Gasteiger partial charge in [0.15, 0.2) is 6.29 Å². The van der Waals surface area contributed by atoms with E-state index in [1.807, 2.05) is 0 Å². The van der Waals surface area contributed by atoms with Crippen LogP contribution in [0.25, 0.3) is 0 Å². The van der Waals surface area contributed by atoms with Crippen LogP contribution in [-0.4, -0.2) is 84.2 Å². The summed E-state index contributed by atoms with van der Waals surface area (Å²) in [4.78, 5) is 11.2. The number of aliphatic hydroxyl groups is 3. The van der Waals surface area contributed by atoms with E-state index in [0.29, 0.717) is 12.5 Å². The van der Waals surface area contributed by atoms with Crippen LogP contribution in [0.15, 0.2) is 0 Å². The third-order valence-corrected chi connectivity index (χ3v) is 3.14. The number of ether oxygens (including phenoxy) is 3. The molecule has 0 unspecified atom stereocenters. The number of rotatable bonds is 8. The number of amides is 1. The third-order valence-electron chi connectivity index (χ3n) is 2.98. The monoisotopic (exact) mass is 327 g/mol. The highest BCUT2D eigenvalue weighted by Gasteiger charge is 2.45. The summed E-state index contributed by atoms with van der Waals surface area (Å²) >= 11 is 5.46. The molecule has 21 heavy (non-hydrogen) atoms. The third kappa shape index (κ3) is 5.67. The Bertz CT molecular complexity index is 320. The molecule has 9 heteroatoms. The molecule has 0 aromatic rings. The van der Waals surface area contributed by atoms with Gasteiger partial charge in [0.25, 0.3) is 0 Å². The first-order chi connectivity index (χ1) is 10.0. The number of halogens is 1. The van der Waals surface area contributed by atoms with Crippen molar-refractivity contribution < 1.29 is 34.3 Å². The summed E-state index contributed by atoms with van der Waals surface area (Å²) in [7, 11) is 0. The quantitative estimate of drug-likeness (QED) is 0.307. The summed E-state index contributed by atoms with van der Waals surface area (Å²) in [5, 5.41) is 31.4. The summed E-state index contributed by atoms with van der Waals surface area (Å²) in [6.45, 7) is 1.60. The molecule has 1 heterocycles. The fourth-order valence-electron chi connectivity index (χ4n) is 1.99. The maximum absolute atomic E-state index is 11.2. The molecule has 0 aliphatic carbocycles. The van der Waals surface area contributed by atoms with Gasteiger partial charge in [0, 0.05) is 12.8 Å². The van der Waals surface area contributed by atoms with Crippen LogP contribution in [0.3, 0.4) is 0 Å². The summed E-state index contributed by atoms with van der Waals surface area (Å²) in [5.41, 5.74) is 0. The van der Waals surface area contributed by atoms with Crippen LogP contribution in [0, 0.1) is 0 Å². The van der Waals surface area contributed by atoms with Crippen molar-refractivity contribution in [1.82, 2.24) is 5.32 Å². The Hall–Kier alpha value is -0.480. The summed E-state index contributed by atoms with van der Waals surface area (Å²) < 4.78 is 15.9. The van der Waals surface area contributed by atoms with Crippen molar-refractivity contribution in [3.63, 3.8) is 0 Å². The predicted molar refractivity (Wildman–Crippen MR) is 72.9 cm³/mol. The molecule has 1 aliphatic heterocycles. The minimum atomic E-state index is -1.32. The predicted octanol–water partition coefficient (Wildman–Crippen LogP) is -1.80. The van der Waals surface area contributed by atoms with Crippen LogP contribution in [0.1, 0.15) is 6.92 Å². The number of alkyl halides is 1. The highest BCUT2D eigenvalue weighted by Crippen LogP contribution is 2.22. The number of carbonyl (C=O) groups is 1. The standard InChI is InChI=1S/C12H22ClNO7/c1-7(16)14-9-11(18)10(17)8(6-15)21-12(9)20-5-4-19-3-2-13/h8-12,15,17-18H,2-6H2,1H3,(H,14,16)/t8-,9+,10+,11+,12-/m0/s1. The topological polar surface area (TPSA) is 117 Å². The second kappa shape index (κ2) is 9.52. The van der Waals surface area contributed by atoms with Gasteiger partial charge in [-0.25, -0.2) is 0 Å². The van der Waals surface area contributed by atoms with Gasteiger partial charge in [0.2, 0.25) is 5.91 Å². The van der Waals surface area contributed by atoms with Crippen LogP contribution in [-0.2, 0) is 19.0 Å². The summed E-state index contributed by atoms with van der Waals surface area (Å²) in [6.07, 6.45) is -4.62. The van der Waals surface area contributed by atoms with Crippen molar-refractivity contribution in [3.05, 3.63) is 0 Å². The van der Waals surface area contributed by atoms with Crippen LogP contribution < -0.4 is 5.32 Å². The Morgan fingerprint density at radius 2 is 2.00 bits per heavy atom. The van der Waals surface area contributed by atoms with Crippen molar-refractivity contribution in [2.45, 2.75) is 37.6 Å². The van der Waals surface area contributed by atoms with Gasteiger partial charge in [0.05, 0.1) is 26.4 Å². The highest BCUT2D eigenvalue weighted by atomic mass is 35.5. The van der Waals surface area contributed by atoms with Crippen molar-refractivity contribution in [1.29, 1.82) is 0 Å². The number of aliphatic hydroxyl groups excluding tert-OH is 3. The molecule has 0 aromatic heterocycles. The molecule has 1 rings (SSSR count). The van der Waals surface area contributed by atoms with Gasteiger partial charge in [-0.2, -0.15) is 0 Å². The van der Waals surface area contributed by atoms with E-state index in [-0.39, 0.29) is 13.2 Å². The Morgan fingerprint density at radius 3 is 2.57 bits per heavy atom. The lowest BCUT2D eigenvalue weighted by Gasteiger charge is -2.42. The fraction of sp³-hybridized carbons (Fsp3) is 0.917. The average molecular weight is 328 g/mol. The lowest BCUT2D eigenvalue weighted by atomic mass is 9.97. The Kier molecular flexibility index (Phi) is 8.42. The SMILES string of the molecule is CC(=O)N[C@H]1[C@@H](OCCOCCCl)O[C@@H](CO)[C@@H](O)[C@@H]1O. The molecule has 1 saturated heterocycles. The molecular weight excluding hydrogens is 306 g/mol. The van der Waals surface area contributed by atoms with Crippen molar-refractivity contribution >= 4 is 17.5 Å². The Labute approximate surface area is 127 Å². The van der Waals surface area contributed by atoms with Crippen LogP contribution in [0.4, 0.5) is 0 Å². The van der Waals surface area contributed by atoms with E-state index in [0.717, 1.165) is 0 Å². The van der Waals surface area contributed by atoms with E-state index >= 15 is 0 Å². The molecule has 8 nitrogen and oxygen atoms in total. The van der Waals surface area contributed by atoms with Crippen LogP contribution >= 0.6 is 11.6 Å². The van der Waals surface area contributed by atoms with Gasteiger partial charge >= 0.3 is 0 Å². The van der Waals surface area contributed by atoms with Gasteiger partial charge in [-0.1, -0.05) is 0 Å². The minimum Gasteiger partial charge on any atom is -0.394 e. The maximum Gasteiger partial charge on any atom is 0.217 e. The van der Waals surface area contributed by atoms with Gasteiger partial charge in [-0.15, -0.1) is 11.6 Å². The van der Waals surface area contributed by atoms with E-state index < -0.39 is 43.2 Å². The zero-order valence-electron chi connectivity index (χ0n) is 11.8. The minimum absolute atomic E-state index is 0.151. The number of hydrogen-bond donors (Lipinski definition) is 4. The molecule has 0 saturated carbocycles. The zero-order valence-corrected chi connectivity index (χ0v) is 12.5. The molecule has 0 spiro atoms. The molecule has 1 aliphatic rings. The van der Waals surface area contributed by atoms with Crippen LogP contribution in [0.5, 0.6) is 0 Å². The molecule has 4 N–H and O–H groups in total. The van der Waals surface area contributed by atoms with E-state index in [2.05, 4.69) is 5.32 Å². The number of hydrogen-bond acceptors (Lipinski definition) is 7. The lowest BCUT2D eigenvalue weighted by molar-refractivity contribution is -0.271. The average Bonchev–Trinajstić information content (AvgIpc) is 2.45. The maximum atomic E-state index is 11.2. The number of carbonyl (C=O) groups excluding carboxylic acids is 1. The second-order valence-electron chi connectivity index (χ2n) is 4.61. The molecule has 1 fully saturated rings.